The van der Waals surface area contributed by atoms with Crippen LogP contribution in [-0.2, 0) is 0 Å². The summed E-state index contributed by atoms with van der Waals surface area (Å²) in [5.74, 6) is 1.56. The van der Waals surface area contributed by atoms with E-state index < -0.39 is 0 Å². The Balaban J connectivity index is 2.75. The number of para-hydroxylation sites is 1. The first-order valence-corrected chi connectivity index (χ1v) is 7.52. The maximum atomic E-state index is 6.35. The molecule has 0 aliphatic carbocycles. The van der Waals surface area contributed by atoms with E-state index in [9.17, 15) is 0 Å². The van der Waals surface area contributed by atoms with Crippen molar-refractivity contribution in [3.8, 4) is 0 Å². The second-order valence-electron chi connectivity index (χ2n) is 5.62. The van der Waals surface area contributed by atoms with E-state index in [4.69, 9.17) is 16.6 Å². The first-order chi connectivity index (χ1) is 8.97. The quantitative estimate of drug-likeness (QED) is 0.698. The molecule has 0 bridgehead atoms. The van der Waals surface area contributed by atoms with Crippen molar-refractivity contribution < 1.29 is 0 Å². The lowest BCUT2D eigenvalue weighted by Gasteiger charge is -2.24. The van der Waals surface area contributed by atoms with Crippen LogP contribution in [0.2, 0.25) is 0 Å². The van der Waals surface area contributed by atoms with Gasteiger partial charge in [0.1, 0.15) is 5.82 Å². The van der Waals surface area contributed by atoms with Crippen molar-refractivity contribution in [3.63, 3.8) is 0 Å². The molecule has 3 heteroatoms. The van der Waals surface area contributed by atoms with Crippen LogP contribution in [0.3, 0.4) is 0 Å². The van der Waals surface area contributed by atoms with Crippen LogP contribution in [0.1, 0.15) is 56.9 Å². The Labute approximate surface area is 120 Å². The molecule has 2 unspecified atom stereocenters. The first-order valence-electron chi connectivity index (χ1n) is 7.08. The second-order valence-corrected chi connectivity index (χ2v) is 6.27. The Kier molecular flexibility index (Phi) is 4.19. The van der Waals surface area contributed by atoms with Crippen LogP contribution in [0.4, 0.5) is 0 Å². The minimum atomic E-state index is -0.0698. The summed E-state index contributed by atoms with van der Waals surface area (Å²) < 4.78 is 2.35. The number of hydrogen-bond acceptors (Lipinski definition) is 1. The van der Waals surface area contributed by atoms with E-state index in [1.54, 1.807) is 0 Å². The maximum Gasteiger partial charge on any atom is 0.127 e. The van der Waals surface area contributed by atoms with Gasteiger partial charge in [-0.05, 0) is 37.8 Å². The van der Waals surface area contributed by atoms with Gasteiger partial charge in [0.05, 0.1) is 16.4 Å². The molecule has 1 aromatic carbocycles. The summed E-state index contributed by atoms with van der Waals surface area (Å²) in [6, 6.07) is 6.82. The van der Waals surface area contributed by atoms with Crippen LogP contribution in [0.5, 0.6) is 0 Å². The Morgan fingerprint density at radius 3 is 2.47 bits per heavy atom. The number of nitrogens with zero attached hydrogens (tertiary/aromatic N) is 2. The zero-order valence-electron chi connectivity index (χ0n) is 12.4. The highest BCUT2D eigenvalue weighted by molar-refractivity contribution is 6.20. The fourth-order valence-corrected chi connectivity index (χ4v) is 3.01. The zero-order chi connectivity index (χ0) is 14.2. The highest BCUT2D eigenvalue weighted by Crippen LogP contribution is 2.33. The van der Waals surface area contributed by atoms with Crippen LogP contribution in [-0.4, -0.2) is 9.55 Å². The average Bonchev–Trinajstić information content (AvgIpc) is 2.71. The molecule has 1 heterocycles. The van der Waals surface area contributed by atoms with Crippen LogP contribution in [0, 0.1) is 12.8 Å². The monoisotopic (exact) mass is 278 g/mol. The summed E-state index contributed by atoms with van der Waals surface area (Å²) in [6.45, 7) is 10.9. The summed E-state index contributed by atoms with van der Waals surface area (Å²) in [4.78, 5) is 4.79. The number of aromatic nitrogens is 2. The maximum absolute atomic E-state index is 6.35. The molecule has 0 aliphatic rings. The van der Waals surface area contributed by atoms with E-state index in [0.717, 1.165) is 17.8 Å². The number of alkyl halides is 1. The predicted octanol–water partition coefficient (Wildman–Crippen LogP) is 5.25. The zero-order valence-corrected chi connectivity index (χ0v) is 13.2. The lowest BCUT2D eigenvalue weighted by molar-refractivity contribution is 0.364. The summed E-state index contributed by atoms with van der Waals surface area (Å²) >= 11 is 6.35. The third-order valence-electron chi connectivity index (χ3n) is 3.82. The summed E-state index contributed by atoms with van der Waals surface area (Å²) in [5, 5.41) is -0.0698. The Morgan fingerprint density at radius 1 is 1.26 bits per heavy atom. The van der Waals surface area contributed by atoms with Gasteiger partial charge in [-0.3, -0.25) is 0 Å². The van der Waals surface area contributed by atoms with Gasteiger partial charge in [-0.2, -0.15) is 0 Å². The average molecular weight is 279 g/mol. The van der Waals surface area contributed by atoms with Gasteiger partial charge in [-0.15, -0.1) is 11.6 Å². The van der Waals surface area contributed by atoms with Gasteiger partial charge in [-0.1, -0.05) is 32.9 Å². The molecule has 0 saturated carbocycles. The fraction of sp³-hybridized carbons (Fsp3) is 0.562. The molecule has 2 nitrogen and oxygen atoms in total. The Bertz CT molecular complexity index is 569. The van der Waals surface area contributed by atoms with Crippen molar-refractivity contribution in [1.29, 1.82) is 0 Å². The molecule has 0 saturated heterocycles. The second kappa shape index (κ2) is 5.54. The topological polar surface area (TPSA) is 17.8 Å². The lowest BCUT2D eigenvalue weighted by Crippen LogP contribution is -2.17. The Morgan fingerprint density at radius 2 is 1.95 bits per heavy atom. The third kappa shape index (κ3) is 2.51. The van der Waals surface area contributed by atoms with Gasteiger partial charge in [0.2, 0.25) is 0 Å². The smallest absolute Gasteiger partial charge is 0.127 e. The van der Waals surface area contributed by atoms with Gasteiger partial charge < -0.3 is 4.57 Å². The largest absolute Gasteiger partial charge is 0.323 e. The SMILES string of the molecule is CCC(C(C)C)n1c(C(C)Cl)nc2c(C)cccc21. The molecule has 2 atom stereocenters. The van der Waals surface area contributed by atoms with Gasteiger partial charge >= 0.3 is 0 Å². The lowest BCUT2D eigenvalue weighted by atomic mass is 10.0. The molecule has 2 rings (SSSR count). The summed E-state index contributed by atoms with van der Waals surface area (Å²) in [7, 11) is 0. The molecular weight excluding hydrogens is 256 g/mol. The molecule has 0 N–H and O–H groups in total. The van der Waals surface area contributed by atoms with Crippen molar-refractivity contribution in [2.75, 3.05) is 0 Å². The number of imidazole rings is 1. The van der Waals surface area contributed by atoms with Crippen molar-refractivity contribution in [2.24, 2.45) is 5.92 Å². The number of fused-ring (bicyclic) bond motifs is 1. The molecule has 0 radical (unpaired) electrons. The van der Waals surface area contributed by atoms with Crippen LogP contribution in [0.15, 0.2) is 18.2 Å². The molecule has 0 amide bonds. The van der Waals surface area contributed by atoms with E-state index in [1.807, 2.05) is 6.92 Å². The van der Waals surface area contributed by atoms with E-state index in [0.29, 0.717) is 12.0 Å². The minimum Gasteiger partial charge on any atom is -0.323 e. The summed E-state index contributed by atoms with van der Waals surface area (Å²) in [5.41, 5.74) is 3.51. The molecule has 104 valence electrons. The first kappa shape index (κ1) is 14.4. The van der Waals surface area contributed by atoms with Crippen LogP contribution < -0.4 is 0 Å². The van der Waals surface area contributed by atoms with Crippen LogP contribution >= 0.6 is 11.6 Å². The number of aryl methyl sites for hydroxylation is 1. The van der Waals surface area contributed by atoms with E-state index in [2.05, 4.69) is 50.5 Å². The van der Waals surface area contributed by atoms with E-state index in [-0.39, 0.29) is 5.38 Å². The number of halogens is 1. The number of rotatable bonds is 4. The summed E-state index contributed by atoms with van der Waals surface area (Å²) in [6.07, 6.45) is 1.09. The van der Waals surface area contributed by atoms with E-state index >= 15 is 0 Å². The predicted molar refractivity (Wildman–Crippen MR) is 82.9 cm³/mol. The molecule has 2 aromatic rings. The third-order valence-corrected chi connectivity index (χ3v) is 4.02. The number of benzene rings is 1. The van der Waals surface area contributed by atoms with Gasteiger partial charge in [0.25, 0.3) is 0 Å². The fourth-order valence-electron chi connectivity index (χ4n) is 2.86. The molecule has 19 heavy (non-hydrogen) atoms. The van der Waals surface area contributed by atoms with Gasteiger partial charge in [0, 0.05) is 6.04 Å². The van der Waals surface area contributed by atoms with Crippen molar-refractivity contribution in [1.82, 2.24) is 9.55 Å². The van der Waals surface area contributed by atoms with Gasteiger partial charge in [0.15, 0.2) is 0 Å². The molecular formula is C16H23ClN2. The highest BCUT2D eigenvalue weighted by Gasteiger charge is 2.23. The van der Waals surface area contributed by atoms with Crippen LogP contribution in [0.25, 0.3) is 11.0 Å². The number of hydrogen-bond donors (Lipinski definition) is 0. The molecule has 0 spiro atoms. The van der Waals surface area contributed by atoms with Crippen molar-refractivity contribution >= 4 is 22.6 Å². The molecule has 1 aromatic heterocycles. The Hall–Kier alpha value is -1.02. The van der Waals surface area contributed by atoms with Crippen molar-refractivity contribution in [2.45, 2.75) is 52.5 Å². The minimum absolute atomic E-state index is 0.0698. The molecule has 0 fully saturated rings. The van der Waals surface area contributed by atoms with Crippen molar-refractivity contribution in [3.05, 3.63) is 29.6 Å². The standard InChI is InChI=1S/C16H23ClN2/c1-6-13(10(2)3)19-14-9-7-8-11(4)15(14)18-16(19)12(5)17/h7-10,12-13H,6H2,1-5H3. The van der Waals surface area contributed by atoms with Gasteiger partial charge in [-0.25, -0.2) is 4.98 Å². The highest BCUT2D eigenvalue weighted by atomic mass is 35.5. The normalized spacial score (nSPS) is 15.1. The molecule has 0 aliphatic heterocycles. The van der Waals surface area contributed by atoms with E-state index in [1.165, 1.54) is 11.1 Å².